The van der Waals surface area contributed by atoms with E-state index in [-0.39, 0.29) is 23.3 Å². The van der Waals surface area contributed by atoms with Crippen LogP contribution in [0.4, 0.5) is 11.4 Å². The Morgan fingerprint density at radius 3 is 2.34 bits per heavy atom. The fourth-order valence-corrected chi connectivity index (χ4v) is 3.46. The summed E-state index contributed by atoms with van der Waals surface area (Å²) in [7, 11) is 1.52. The van der Waals surface area contributed by atoms with Gasteiger partial charge in [-0.05, 0) is 49.1 Å². The molecule has 2 rings (SSSR count). The minimum absolute atomic E-state index is 0.135. The maximum atomic E-state index is 12.2. The zero-order chi connectivity index (χ0) is 21.2. The van der Waals surface area contributed by atoms with Crippen molar-refractivity contribution in [3.8, 4) is 5.75 Å². The van der Waals surface area contributed by atoms with Gasteiger partial charge in [-0.1, -0.05) is 37.1 Å². The number of hydrogen-bond donors (Lipinski definition) is 2. The van der Waals surface area contributed by atoms with Gasteiger partial charge in [0.2, 0.25) is 11.8 Å². The Hall–Kier alpha value is -2.18. The predicted molar refractivity (Wildman–Crippen MR) is 122 cm³/mol. The molecule has 2 amide bonds. The summed E-state index contributed by atoms with van der Waals surface area (Å²) < 4.78 is 5.25. The molecule has 2 aromatic rings. The highest BCUT2D eigenvalue weighted by atomic mass is 35.5. The number of carbonyl (C=O) groups excluding carboxylic acids is 2. The van der Waals surface area contributed by atoms with E-state index in [0.717, 1.165) is 30.5 Å². The average Bonchev–Trinajstić information content (AvgIpc) is 2.70. The summed E-state index contributed by atoms with van der Waals surface area (Å²) in [5.41, 5.74) is 3.44. The van der Waals surface area contributed by atoms with Crippen molar-refractivity contribution in [3.63, 3.8) is 0 Å². The van der Waals surface area contributed by atoms with Crippen LogP contribution in [0.25, 0.3) is 0 Å². The second-order valence-corrected chi connectivity index (χ2v) is 8.08. The lowest BCUT2D eigenvalue weighted by Crippen LogP contribution is -2.18. The summed E-state index contributed by atoms with van der Waals surface area (Å²) in [5.74, 6) is 0.516. The van der Waals surface area contributed by atoms with E-state index in [1.54, 1.807) is 12.1 Å². The van der Waals surface area contributed by atoms with Gasteiger partial charge in [-0.3, -0.25) is 9.59 Å². The van der Waals surface area contributed by atoms with Crippen LogP contribution in [0.15, 0.2) is 36.4 Å². The molecular weight excluding hydrogens is 408 g/mol. The molecule has 29 heavy (non-hydrogen) atoms. The molecule has 2 aromatic carbocycles. The van der Waals surface area contributed by atoms with Crippen LogP contribution in [0.2, 0.25) is 5.02 Å². The van der Waals surface area contributed by atoms with Crippen molar-refractivity contribution in [3.05, 3.63) is 52.5 Å². The minimum atomic E-state index is -0.205. The normalized spacial score (nSPS) is 10.5. The van der Waals surface area contributed by atoms with E-state index in [1.165, 1.54) is 24.4 Å². The predicted octanol–water partition coefficient (Wildman–Crippen LogP) is 5.31. The molecule has 0 fully saturated rings. The van der Waals surface area contributed by atoms with Crippen LogP contribution in [-0.4, -0.2) is 30.4 Å². The van der Waals surface area contributed by atoms with E-state index in [0.29, 0.717) is 16.5 Å². The lowest BCUT2D eigenvalue weighted by molar-refractivity contribution is -0.114. The Kier molecular flexibility index (Phi) is 9.35. The van der Waals surface area contributed by atoms with Crippen LogP contribution in [0.5, 0.6) is 5.75 Å². The number of hydrogen-bond acceptors (Lipinski definition) is 4. The smallest absolute Gasteiger partial charge is 0.234 e. The quantitative estimate of drug-likeness (QED) is 0.531. The van der Waals surface area contributed by atoms with Gasteiger partial charge < -0.3 is 15.4 Å². The van der Waals surface area contributed by atoms with Crippen molar-refractivity contribution in [2.75, 3.05) is 29.2 Å². The zero-order valence-corrected chi connectivity index (χ0v) is 18.6. The summed E-state index contributed by atoms with van der Waals surface area (Å²) in [6.07, 6.45) is 3.37. The highest BCUT2D eigenvalue weighted by Crippen LogP contribution is 2.31. The third kappa shape index (κ3) is 7.63. The van der Waals surface area contributed by atoms with Crippen molar-refractivity contribution in [2.45, 2.75) is 33.1 Å². The second-order valence-electron chi connectivity index (χ2n) is 6.69. The fraction of sp³-hybridized carbons (Fsp3) is 0.364. The number of benzene rings is 2. The van der Waals surface area contributed by atoms with Gasteiger partial charge in [0.25, 0.3) is 0 Å². The number of thioether (sulfide) groups is 1. The Balaban J connectivity index is 1.77. The van der Waals surface area contributed by atoms with E-state index in [4.69, 9.17) is 16.3 Å². The highest BCUT2D eigenvalue weighted by molar-refractivity contribution is 8.00. The Labute approximate surface area is 181 Å². The molecule has 0 aromatic heterocycles. The molecule has 0 bridgehead atoms. The summed E-state index contributed by atoms with van der Waals surface area (Å²) >= 11 is 7.33. The first-order chi connectivity index (χ1) is 13.9. The van der Waals surface area contributed by atoms with E-state index < -0.39 is 0 Å². The number of aryl methyl sites for hydroxylation is 2. The molecule has 0 atom stereocenters. The summed E-state index contributed by atoms with van der Waals surface area (Å²) in [4.78, 5) is 24.3. The molecule has 156 valence electrons. The van der Waals surface area contributed by atoms with Gasteiger partial charge in [-0.25, -0.2) is 0 Å². The lowest BCUT2D eigenvalue weighted by Gasteiger charge is -2.12. The molecule has 0 spiro atoms. The monoisotopic (exact) mass is 434 g/mol. The third-order valence-corrected chi connectivity index (χ3v) is 5.62. The molecule has 0 aliphatic carbocycles. The van der Waals surface area contributed by atoms with Crippen molar-refractivity contribution >= 4 is 46.6 Å². The molecule has 7 heteroatoms. The summed E-state index contributed by atoms with van der Waals surface area (Å²) in [6.45, 7) is 4.02. The van der Waals surface area contributed by atoms with Gasteiger partial charge in [0.05, 0.1) is 24.3 Å². The van der Waals surface area contributed by atoms with E-state index >= 15 is 0 Å². The maximum Gasteiger partial charge on any atom is 0.234 e. The molecule has 0 aliphatic heterocycles. The topological polar surface area (TPSA) is 67.4 Å². The SMILES string of the molecule is CCCCc1ccc(NC(=O)CSCC(=O)Nc2cc(C)c(Cl)cc2OC)cc1. The van der Waals surface area contributed by atoms with Crippen LogP contribution < -0.4 is 15.4 Å². The van der Waals surface area contributed by atoms with Gasteiger partial charge in [-0.2, -0.15) is 0 Å². The molecule has 0 radical (unpaired) electrons. The molecule has 0 unspecified atom stereocenters. The van der Waals surface area contributed by atoms with E-state index in [9.17, 15) is 9.59 Å². The molecule has 0 heterocycles. The van der Waals surface area contributed by atoms with Crippen molar-refractivity contribution in [1.29, 1.82) is 0 Å². The first-order valence-electron chi connectivity index (χ1n) is 9.53. The number of anilines is 2. The first kappa shape index (κ1) is 23.1. The molecule has 0 saturated heterocycles. The van der Waals surface area contributed by atoms with Crippen LogP contribution in [0.1, 0.15) is 30.9 Å². The largest absolute Gasteiger partial charge is 0.495 e. The standard InChI is InChI=1S/C22H27ClN2O3S/c1-4-5-6-16-7-9-17(10-8-16)24-21(26)13-29-14-22(27)25-19-11-15(2)18(23)12-20(19)28-3/h7-12H,4-6,13-14H2,1-3H3,(H,24,26)(H,25,27). The summed E-state index contributed by atoms with van der Waals surface area (Å²) in [5, 5.41) is 6.23. The number of halogens is 1. The average molecular weight is 435 g/mol. The number of amides is 2. The maximum absolute atomic E-state index is 12.2. The zero-order valence-electron chi connectivity index (χ0n) is 17.0. The van der Waals surface area contributed by atoms with Crippen LogP contribution in [0.3, 0.4) is 0 Å². The number of rotatable bonds is 10. The van der Waals surface area contributed by atoms with Gasteiger partial charge in [0, 0.05) is 16.8 Å². The van der Waals surface area contributed by atoms with E-state index in [1.807, 2.05) is 31.2 Å². The lowest BCUT2D eigenvalue weighted by atomic mass is 10.1. The Bertz CT molecular complexity index is 841. The third-order valence-electron chi connectivity index (χ3n) is 4.28. The summed E-state index contributed by atoms with van der Waals surface area (Å²) in [6, 6.07) is 11.3. The number of carbonyl (C=O) groups is 2. The van der Waals surface area contributed by atoms with Crippen LogP contribution in [0, 0.1) is 6.92 Å². The second kappa shape index (κ2) is 11.7. The Morgan fingerprint density at radius 2 is 1.72 bits per heavy atom. The van der Waals surface area contributed by atoms with Gasteiger partial charge in [0.15, 0.2) is 0 Å². The fourth-order valence-electron chi connectivity index (χ4n) is 2.69. The number of unbranched alkanes of at least 4 members (excludes halogenated alkanes) is 1. The first-order valence-corrected chi connectivity index (χ1v) is 11.1. The van der Waals surface area contributed by atoms with Gasteiger partial charge in [-0.15, -0.1) is 11.8 Å². The highest BCUT2D eigenvalue weighted by Gasteiger charge is 2.11. The van der Waals surface area contributed by atoms with Crippen molar-refractivity contribution < 1.29 is 14.3 Å². The molecule has 0 saturated carbocycles. The van der Waals surface area contributed by atoms with E-state index in [2.05, 4.69) is 17.6 Å². The van der Waals surface area contributed by atoms with Crippen molar-refractivity contribution in [2.24, 2.45) is 0 Å². The van der Waals surface area contributed by atoms with Crippen molar-refractivity contribution in [1.82, 2.24) is 0 Å². The molecule has 5 nitrogen and oxygen atoms in total. The number of nitrogens with one attached hydrogen (secondary N) is 2. The van der Waals surface area contributed by atoms with Crippen LogP contribution in [-0.2, 0) is 16.0 Å². The Morgan fingerprint density at radius 1 is 1.07 bits per heavy atom. The molecule has 0 aliphatic rings. The molecule has 2 N–H and O–H groups in total. The van der Waals surface area contributed by atoms with Crippen LogP contribution >= 0.6 is 23.4 Å². The van der Waals surface area contributed by atoms with Gasteiger partial charge in [0.1, 0.15) is 5.75 Å². The number of methoxy groups -OCH3 is 1. The molecular formula is C22H27ClN2O3S. The number of ether oxygens (including phenoxy) is 1. The minimum Gasteiger partial charge on any atom is -0.495 e. The van der Waals surface area contributed by atoms with Gasteiger partial charge >= 0.3 is 0 Å².